The summed E-state index contributed by atoms with van der Waals surface area (Å²) < 4.78 is 6.50. The van der Waals surface area contributed by atoms with Crippen LogP contribution in [0.1, 0.15) is 23.6 Å². The summed E-state index contributed by atoms with van der Waals surface area (Å²) in [6, 6.07) is 11.2. The van der Waals surface area contributed by atoms with Crippen LogP contribution in [0.5, 0.6) is 5.75 Å². The number of benzene rings is 2. The second kappa shape index (κ2) is 8.85. The first-order chi connectivity index (χ1) is 12.3. The van der Waals surface area contributed by atoms with Gasteiger partial charge in [0.2, 0.25) is 5.91 Å². The summed E-state index contributed by atoms with van der Waals surface area (Å²) in [5.41, 5.74) is 3.92. The molecule has 0 spiro atoms. The van der Waals surface area contributed by atoms with Gasteiger partial charge in [0.1, 0.15) is 5.75 Å². The Hall–Kier alpha value is -2.34. The van der Waals surface area contributed by atoms with Crippen molar-refractivity contribution in [1.29, 1.82) is 0 Å². The van der Waals surface area contributed by atoms with Gasteiger partial charge in [0.05, 0.1) is 6.54 Å². The van der Waals surface area contributed by atoms with Gasteiger partial charge in [-0.25, -0.2) is 0 Å². The predicted octanol–water partition coefficient (Wildman–Crippen LogP) is 3.90. The zero-order chi connectivity index (χ0) is 19.3. The molecule has 0 aliphatic carbocycles. The molecule has 0 aliphatic rings. The van der Waals surface area contributed by atoms with Crippen molar-refractivity contribution in [3.8, 4) is 5.75 Å². The van der Waals surface area contributed by atoms with Crippen LogP contribution < -0.4 is 15.4 Å². The third-order valence-electron chi connectivity index (χ3n) is 3.86. The van der Waals surface area contributed by atoms with Crippen molar-refractivity contribution >= 4 is 33.4 Å². The zero-order valence-corrected chi connectivity index (χ0v) is 16.9. The molecule has 2 aromatic rings. The molecule has 2 amide bonds. The van der Waals surface area contributed by atoms with Crippen LogP contribution in [-0.2, 0) is 9.59 Å². The third-order valence-corrected chi connectivity index (χ3v) is 4.39. The Morgan fingerprint density at radius 3 is 2.23 bits per heavy atom. The average molecular weight is 419 g/mol. The van der Waals surface area contributed by atoms with Gasteiger partial charge < -0.3 is 15.4 Å². The first kappa shape index (κ1) is 20.0. The molecule has 0 heterocycles. The molecule has 0 radical (unpaired) electrons. The van der Waals surface area contributed by atoms with Crippen molar-refractivity contribution in [3.63, 3.8) is 0 Å². The standard InChI is InChI=1S/C20H23BrN2O3/c1-12-9-13(2)19(14(3)10-12)23-18(24)11-22-20(25)15(4)26-17-7-5-16(21)6-8-17/h5-10,15H,11H2,1-4H3,(H,22,25)(H,23,24). The number of hydrogen-bond acceptors (Lipinski definition) is 3. The topological polar surface area (TPSA) is 67.4 Å². The number of ether oxygens (including phenoxy) is 1. The van der Waals surface area contributed by atoms with E-state index >= 15 is 0 Å². The van der Waals surface area contributed by atoms with E-state index in [1.54, 1.807) is 19.1 Å². The Morgan fingerprint density at radius 2 is 1.65 bits per heavy atom. The average Bonchev–Trinajstić information content (AvgIpc) is 2.57. The highest BCUT2D eigenvalue weighted by molar-refractivity contribution is 9.10. The fourth-order valence-electron chi connectivity index (χ4n) is 2.64. The van der Waals surface area contributed by atoms with E-state index in [1.807, 2.05) is 45.0 Å². The molecule has 138 valence electrons. The summed E-state index contributed by atoms with van der Waals surface area (Å²) in [4.78, 5) is 24.3. The van der Waals surface area contributed by atoms with Gasteiger partial charge in [-0.15, -0.1) is 0 Å². The van der Waals surface area contributed by atoms with Gasteiger partial charge in [0.15, 0.2) is 6.10 Å². The Bertz CT molecular complexity index is 780. The lowest BCUT2D eigenvalue weighted by Gasteiger charge is -2.16. The van der Waals surface area contributed by atoms with Crippen LogP contribution >= 0.6 is 15.9 Å². The van der Waals surface area contributed by atoms with E-state index in [-0.39, 0.29) is 18.4 Å². The number of halogens is 1. The van der Waals surface area contributed by atoms with Gasteiger partial charge in [-0.3, -0.25) is 9.59 Å². The van der Waals surface area contributed by atoms with Crippen molar-refractivity contribution in [1.82, 2.24) is 5.32 Å². The summed E-state index contributed by atoms with van der Waals surface area (Å²) in [5, 5.41) is 5.46. The normalized spacial score (nSPS) is 11.6. The predicted molar refractivity (Wildman–Crippen MR) is 107 cm³/mol. The molecule has 0 fully saturated rings. The lowest BCUT2D eigenvalue weighted by atomic mass is 10.1. The van der Waals surface area contributed by atoms with Crippen LogP contribution in [0.3, 0.4) is 0 Å². The molecular formula is C20H23BrN2O3. The van der Waals surface area contributed by atoms with Crippen molar-refractivity contribution in [3.05, 3.63) is 57.6 Å². The minimum atomic E-state index is -0.702. The number of aryl methyl sites for hydroxylation is 3. The van der Waals surface area contributed by atoms with E-state index in [2.05, 4.69) is 26.6 Å². The van der Waals surface area contributed by atoms with E-state index in [0.717, 1.165) is 26.9 Å². The fraction of sp³-hybridized carbons (Fsp3) is 0.300. The van der Waals surface area contributed by atoms with Gasteiger partial charge in [-0.2, -0.15) is 0 Å². The molecule has 2 aromatic carbocycles. The summed E-state index contributed by atoms with van der Waals surface area (Å²) in [7, 11) is 0. The molecule has 0 bridgehead atoms. The van der Waals surface area contributed by atoms with Gasteiger partial charge in [-0.1, -0.05) is 33.6 Å². The maximum atomic E-state index is 12.2. The molecule has 26 heavy (non-hydrogen) atoms. The zero-order valence-electron chi connectivity index (χ0n) is 15.4. The number of anilines is 1. The monoisotopic (exact) mass is 418 g/mol. The number of carbonyl (C=O) groups is 2. The minimum Gasteiger partial charge on any atom is -0.481 e. The van der Waals surface area contributed by atoms with E-state index in [0.29, 0.717) is 5.75 Å². The molecule has 2 N–H and O–H groups in total. The Morgan fingerprint density at radius 1 is 1.08 bits per heavy atom. The number of nitrogens with one attached hydrogen (secondary N) is 2. The van der Waals surface area contributed by atoms with Crippen LogP contribution in [0.25, 0.3) is 0 Å². The summed E-state index contributed by atoms with van der Waals surface area (Å²) in [6.45, 7) is 7.44. The molecular weight excluding hydrogens is 396 g/mol. The van der Waals surface area contributed by atoms with E-state index in [9.17, 15) is 9.59 Å². The van der Waals surface area contributed by atoms with Crippen molar-refractivity contribution < 1.29 is 14.3 Å². The Labute approximate surface area is 162 Å². The highest BCUT2D eigenvalue weighted by Gasteiger charge is 2.16. The number of amides is 2. The first-order valence-corrected chi connectivity index (χ1v) is 9.13. The van der Waals surface area contributed by atoms with Gasteiger partial charge in [0, 0.05) is 10.2 Å². The maximum absolute atomic E-state index is 12.2. The van der Waals surface area contributed by atoms with Crippen molar-refractivity contribution in [2.45, 2.75) is 33.8 Å². The minimum absolute atomic E-state index is 0.111. The molecule has 0 saturated carbocycles. The molecule has 2 rings (SSSR count). The summed E-state index contributed by atoms with van der Waals surface area (Å²) in [6.07, 6.45) is -0.702. The van der Waals surface area contributed by atoms with Gasteiger partial charge in [-0.05, 0) is 63.1 Å². The molecule has 1 atom stereocenters. The lowest BCUT2D eigenvalue weighted by Crippen LogP contribution is -2.40. The molecule has 1 unspecified atom stereocenters. The SMILES string of the molecule is Cc1cc(C)c(NC(=O)CNC(=O)C(C)Oc2ccc(Br)cc2)c(C)c1. The highest BCUT2D eigenvalue weighted by Crippen LogP contribution is 2.21. The lowest BCUT2D eigenvalue weighted by molar-refractivity contribution is -0.129. The smallest absolute Gasteiger partial charge is 0.261 e. The van der Waals surface area contributed by atoms with Crippen molar-refractivity contribution in [2.24, 2.45) is 0 Å². The molecule has 0 aliphatic heterocycles. The third kappa shape index (κ3) is 5.59. The van der Waals surface area contributed by atoms with Crippen LogP contribution in [0, 0.1) is 20.8 Å². The number of carbonyl (C=O) groups excluding carboxylic acids is 2. The van der Waals surface area contributed by atoms with Crippen LogP contribution in [0.15, 0.2) is 40.9 Å². The molecule has 0 saturated heterocycles. The van der Waals surface area contributed by atoms with E-state index in [1.165, 1.54) is 0 Å². The van der Waals surface area contributed by atoms with Crippen LogP contribution in [0.4, 0.5) is 5.69 Å². The van der Waals surface area contributed by atoms with Crippen LogP contribution in [-0.4, -0.2) is 24.5 Å². The van der Waals surface area contributed by atoms with Gasteiger partial charge >= 0.3 is 0 Å². The second-order valence-corrected chi connectivity index (χ2v) is 7.17. The maximum Gasteiger partial charge on any atom is 0.261 e. The summed E-state index contributed by atoms with van der Waals surface area (Å²) in [5.74, 6) is -0.0316. The fourth-order valence-corrected chi connectivity index (χ4v) is 2.91. The molecule has 6 heteroatoms. The quantitative estimate of drug-likeness (QED) is 0.747. The Kier molecular flexibility index (Phi) is 6.80. The van der Waals surface area contributed by atoms with E-state index in [4.69, 9.17) is 4.74 Å². The largest absolute Gasteiger partial charge is 0.481 e. The number of rotatable bonds is 6. The first-order valence-electron chi connectivity index (χ1n) is 8.34. The number of hydrogen-bond donors (Lipinski definition) is 2. The van der Waals surface area contributed by atoms with Crippen molar-refractivity contribution in [2.75, 3.05) is 11.9 Å². The Balaban J connectivity index is 1.86. The molecule has 0 aromatic heterocycles. The van der Waals surface area contributed by atoms with Crippen LogP contribution in [0.2, 0.25) is 0 Å². The highest BCUT2D eigenvalue weighted by atomic mass is 79.9. The second-order valence-electron chi connectivity index (χ2n) is 6.25. The molecule has 5 nitrogen and oxygen atoms in total. The van der Waals surface area contributed by atoms with E-state index < -0.39 is 6.10 Å². The van der Waals surface area contributed by atoms with Gasteiger partial charge in [0.25, 0.3) is 5.91 Å². The summed E-state index contributed by atoms with van der Waals surface area (Å²) >= 11 is 3.34.